The molecule has 0 atom stereocenters. The Balaban J connectivity index is 1.89. The molecule has 0 aliphatic carbocycles. The summed E-state index contributed by atoms with van der Waals surface area (Å²) in [5.74, 6) is -0.306. The summed E-state index contributed by atoms with van der Waals surface area (Å²) in [5.41, 5.74) is 1.37. The van der Waals surface area contributed by atoms with Crippen LogP contribution >= 0.6 is 11.6 Å². The fourth-order valence-electron chi connectivity index (χ4n) is 2.49. The maximum absolute atomic E-state index is 12.3. The lowest BCUT2D eigenvalue weighted by molar-refractivity contribution is -0.111. The number of benzene rings is 2. The maximum Gasteiger partial charge on any atom is 0.248 e. The van der Waals surface area contributed by atoms with Gasteiger partial charge in [-0.15, -0.1) is 0 Å². The monoisotopic (exact) mass is 420 g/mol. The van der Waals surface area contributed by atoms with Gasteiger partial charge in [0.2, 0.25) is 15.9 Å². The quantitative estimate of drug-likeness (QED) is 0.426. The molecule has 2 aromatic rings. The standard InChI is InChI=1S/C21H25ClN2O3S/c1-2-3-4-5-16-23-28(26,27)20-13-11-19(12-14-20)24-21(25)15-8-17-6-9-18(22)10-7-17/h6-15,23H,2-5,16H2,1H3,(H,24,25)/b15-8+. The van der Waals surface area contributed by atoms with Gasteiger partial charge in [-0.1, -0.05) is 49.9 Å². The number of carbonyl (C=O) groups is 1. The molecule has 0 aliphatic heterocycles. The van der Waals surface area contributed by atoms with Crippen LogP contribution in [-0.4, -0.2) is 20.9 Å². The molecule has 0 aliphatic rings. The fourth-order valence-corrected chi connectivity index (χ4v) is 3.69. The van der Waals surface area contributed by atoms with E-state index in [2.05, 4.69) is 17.0 Å². The van der Waals surface area contributed by atoms with Gasteiger partial charge in [0.15, 0.2) is 0 Å². The molecule has 0 heterocycles. The molecule has 0 aromatic heterocycles. The fraction of sp³-hybridized carbons (Fsp3) is 0.286. The first-order chi connectivity index (χ1) is 13.4. The van der Waals surface area contributed by atoms with E-state index >= 15 is 0 Å². The Labute approximate surface area is 171 Å². The minimum atomic E-state index is -3.53. The summed E-state index contributed by atoms with van der Waals surface area (Å²) in [5, 5.41) is 3.33. The summed E-state index contributed by atoms with van der Waals surface area (Å²) in [7, 11) is -3.53. The summed E-state index contributed by atoms with van der Waals surface area (Å²) in [6, 6.07) is 13.2. The average molecular weight is 421 g/mol. The summed E-state index contributed by atoms with van der Waals surface area (Å²) in [6.45, 7) is 2.54. The van der Waals surface area contributed by atoms with Crippen molar-refractivity contribution in [2.45, 2.75) is 37.5 Å². The highest BCUT2D eigenvalue weighted by molar-refractivity contribution is 7.89. The van der Waals surface area contributed by atoms with E-state index in [0.717, 1.165) is 31.2 Å². The highest BCUT2D eigenvalue weighted by atomic mass is 35.5. The molecule has 0 radical (unpaired) electrons. The van der Waals surface area contributed by atoms with Crippen molar-refractivity contribution in [2.75, 3.05) is 11.9 Å². The number of hydrogen-bond donors (Lipinski definition) is 2. The van der Waals surface area contributed by atoms with Crippen molar-refractivity contribution in [3.63, 3.8) is 0 Å². The van der Waals surface area contributed by atoms with Crippen LogP contribution in [0.5, 0.6) is 0 Å². The number of sulfonamides is 1. The van der Waals surface area contributed by atoms with E-state index < -0.39 is 10.0 Å². The molecule has 1 amide bonds. The predicted molar refractivity (Wildman–Crippen MR) is 115 cm³/mol. The van der Waals surface area contributed by atoms with Gasteiger partial charge in [-0.2, -0.15) is 0 Å². The number of rotatable bonds is 10. The third-order valence-corrected chi connectivity index (χ3v) is 5.78. The molecule has 2 aromatic carbocycles. The molecule has 0 fully saturated rings. The number of hydrogen-bond acceptors (Lipinski definition) is 3. The van der Waals surface area contributed by atoms with Crippen LogP contribution in [-0.2, 0) is 14.8 Å². The molecule has 7 heteroatoms. The van der Waals surface area contributed by atoms with Crippen LogP contribution in [0, 0.1) is 0 Å². The van der Waals surface area contributed by atoms with Gasteiger partial charge in [0.1, 0.15) is 0 Å². The molecule has 0 spiro atoms. The van der Waals surface area contributed by atoms with Crippen LogP contribution in [0.2, 0.25) is 5.02 Å². The van der Waals surface area contributed by atoms with Gasteiger partial charge in [0, 0.05) is 23.3 Å². The summed E-state index contributed by atoms with van der Waals surface area (Å²) in [6.07, 6.45) is 7.12. The lowest BCUT2D eigenvalue weighted by Crippen LogP contribution is -2.24. The number of halogens is 1. The lowest BCUT2D eigenvalue weighted by atomic mass is 10.2. The minimum Gasteiger partial charge on any atom is -0.323 e. The zero-order valence-corrected chi connectivity index (χ0v) is 17.4. The summed E-state index contributed by atoms with van der Waals surface area (Å²) >= 11 is 5.82. The molecule has 0 unspecified atom stereocenters. The number of nitrogens with one attached hydrogen (secondary N) is 2. The van der Waals surface area contributed by atoms with Crippen LogP contribution < -0.4 is 10.0 Å². The van der Waals surface area contributed by atoms with Crippen LogP contribution in [0.4, 0.5) is 5.69 Å². The molecule has 2 rings (SSSR count). The van der Waals surface area contributed by atoms with E-state index in [1.54, 1.807) is 42.5 Å². The Morgan fingerprint density at radius 2 is 1.68 bits per heavy atom. The highest BCUT2D eigenvalue weighted by Crippen LogP contribution is 2.15. The Morgan fingerprint density at radius 1 is 1.00 bits per heavy atom. The van der Waals surface area contributed by atoms with Gasteiger partial charge in [-0.05, 0) is 54.5 Å². The largest absolute Gasteiger partial charge is 0.323 e. The first kappa shape index (κ1) is 22.1. The Bertz CT molecular complexity index is 892. The van der Waals surface area contributed by atoms with Crippen LogP contribution in [0.15, 0.2) is 59.5 Å². The van der Waals surface area contributed by atoms with Gasteiger partial charge < -0.3 is 5.32 Å². The molecule has 0 saturated heterocycles. The lowest BCUT2D eigenvalue weighted by Gasteiger charge is -2.08. The van der Waals surface area contributed by atoms with E-state index in [4.69, 9.17) is 11.6 Å². The molecule has 28 heavy (non-hydrogen) atoms. The highest BCUT2D eigenvalue weighted by Gasteiger charge is 2.13. The molecule has 2 N–H and O–H groups in total. The van der Waals surface area contributed by atoms with E-state index in [-0.39, 0.29) is 10.8 Å². The first-order valence-electron chi connectivity index (χ1n) is 9.25. The second-order valence-corrected chi connectivity index (χ2v) is 8.56. The van der Waals surface area contributed by atoms with E-state index in [0.29, 0.717) is 17.3 Å². The number of anilines is 1. The van der Waals surface area contributed by atoms with Crippen LogP contribution in [0.25, 0.3) is 6.08 Å². The number of carbonyl (C=O) groups excluding carboxylic acids is 1. The van der Waals surface area contributed by atoms with Crippen molar-refractivity contribution in [1.29, 1.82) is 0 Å². The smallest absolute Gasteiger partial charge is 0.248 e. The zero-order valence-electron chi connectivity index (χ0n) is 15.8. The third-order valence-electron chi connectivity index (χ3n) is 4.05. The van der Waals surface area contributed by atoms with Crippen molar-refractivity contribution < 1.29 is 13.2 Å². The molecule has 150 valence electrons. The van der Waals surface area contributed by atoms with Crippen molar-refractivity contribution in [3.8, 4) is 0 Å². The van der Waals surface area contributed by atoms with Gasteiger partial charge in [0.05, 0.1) is 4.90 Å². The molecule has 5 nitrogen and oxygen atoms in total. The Morgan fingerprint density at radius 3 is 2.32 bits per heavy atom. The van der Waals surface area contributed by atoms with Crippen molar-refractivity contribution in [3.05, 3.63) is 65.2 Å². The second kappa shape index (κ2) is 11.0. The van der Waals surface area contributed by atoms with Crippen molar-refractivity contribution in [1.82, 2.24) is 4.72 Å². The van der Waals surface area contributed by atoms with Crippen molar-refractivity contribution >= 4 is 39.3 Å². The van der Waals surface area contributed by atoms with E-state index in [9.17, 15) is 13.2 Å². The summed E-state index contributed by atoms with van der Waals surface area (Å²) in [4.78, 5) is 12.2. The van der Waals surface area contributed by atoms with Gasteiger partial charge in [-0.3, -0.25) is 4.79 Å². The van der Waals surface area contributed by atoms with E-state index in [1.165, 1.54) is 18.2 Å². The van der Waals surface area contributed by atoms with Gasteiger partial charge in [0.25, 0.3) is 0 Å². The van der Waals surface area contributed by atoms with Crippen LogP contribution in [0.1, 0.15) is 38.2 Å². The molecular weight excluding hydrogens is 396 g/mol. The molecular formula is C21H25ClN2O3S. The normalized spacial score (nSPS) is 11.6. The molecule has 0 bridgehead atoms. The van der Waals surface area contributed by atoms with Crippen LogP contribution in [0.3, 0.4) is 0 Å². The third kappa shape index (κ3) is 7.46. The minimum absolute atomic E-state index is 0.178. The SMILES string of the molecule is CCCCCCNS(=O)(=O)c1ccc(NC(=O)/C=C/c2ccc(Cl)cc2)cc1. The molecule has 0 saturated carbocycles. The van der Waals surface area contributed by atoms with E-state index in [1.807, 2.05) is 0 Å². The second-order valence-electron chi connectivity index (χ2n) is 6.36. The predicted octanol–water partition coefficient (Wildman–Crippen LogP) is 4.85. The average Bonchev–Trinajstić information content (AvgIpc) is 2.68. The summed E-state index contributed by atoms with van der Waals surface area (Å²) < 4.78 is 27.1. The van der Waals surface area contributed by atoms with Crippen molar-refractivity contribution in [2.24, 2.45) is 0 Å². The number of amides is 1. The zero-order chi connectivity index (χ0) is 20.4. The van der Waals surface area contributed by atoms with Gasteiger partial charge >= 0.3 is 0 Å². The Hall–Kier alpha value is -2.15. The topological polar surface area (TPSA) is 75.3 Å². The number of unbranched alkanes of at least 4 members (excludes halogenated alkanes) is 3. The van der Waals surface area contributed by atoms with Gasteiger partial charge in [-0.25, -0.2) is 13.1 Å². The maximum atomic E-state index is 12.3. The first-order valence-corrected chi connectivity index (χ1v) is 11.1. The Kier molecular flexibility index (Phi) is 8.70.